The van der Waals surface area contributed by atoms with E-state index in [-0.39, 0.29) is 11.6 Å². The van der Waals surface area contributed by atoms with Crippen LogP contribution in [0.3, 0.4) is 0 Å². The van der Waals surface area contributed by atoms with Crippen molar-refractivity contribution in [1.82, 2.24) is 20.1 Å². The molecule has 1 spiro atoms. The van der Waals surface area contributed by atoms with Crippen LogP contribution < -0.4 is 5.32 Å². The van der Waals surface area contributed by atoms with Gasteiger partial charge in [0.15, 0.2) is 0 Å². The molecule has 1 unspecified atom stereocenters. The molecule has 1 aromatic rings. The number of piperidine rings is 1. The van der Waals surface area contributed by atoms with E-state index in [9.17, 15) is 4.79 Å². The van der Waals surface area contributed by atoms with Crippen LogP contribution in [0, 0.1) is 6.92 Å². The molecule has 0 aromatic carbocycles. The second kappa shape index (κ2) is 6.61. The highest BCUT2D eigenvalue weighted by Crippen LogP contribution is 2.30. The SMILES string of the molecule is Cc1nc(CN2CCCC3(C2)CN(C(=O)NC2CC2)CCO3)cs1. The molecule has 1 aliphatic carbocycles. The molecular formula is C17H26N4O2S. The average Bonchev–Trinajstić information content (AvgIpc) is 3.28. The highest BCUT2D eigenvalue weighted by Gasteiger charge is 2.42. The maximum atomic E-state index is 12.4. The van der Waals surface area contributed by atoms with Gasteiger partial charge in [0.1, 0.15) is 0 Å². The molecule has 7 heteroatoms. The largest absolute Gasteiger partial charge is 0.370 e. The van der Waals surface area contributed by atoms with E-state index in [1.165, 1.54) is 0 Å². The number of carbonyl (C=O) groups is 1. The molecule has 3 fully saturated rings. The summed E-state index contributed by atoms with van der Waals surface area (Å²) >= 11 is 1.71. The standard InChI is InChI=1S/C17H26N4O2S/c1-13-18-15(10-24-13)9-20-6-2-5-17(11-20)12-21(7-8-23-17)16(22)19-14-3-4-14/h10,14H,2-9,11-12H2,1H3,(H,19,22). The Bertz CT molecular complexity index is 599. The number of likely N-dealkylation sites (tertiary alicyclic amines) is 1. The predicted molar refractivity (Wildman–Crippen MR) is 93.2 cm³/mol. The molecule has 3 aliphatic rings. The van der Waals surface area contributed by atoms with Crippen molar-refractivity contribution >= 4 is 17.4 Å². The predicted octanol–water partition coefficient (Wildman–Crippen LogP) is 1.99. The van der Waals surface area contributed by atoms with Crippen molar-refractivity contribution in [3.05, 3.63) is 16.1 Å². The van der Waals surface area contributed by atoms with E-state index in [4.69, 9.17) is 4.74 Å². The van der Waals surface area contributed by atoms with Crippen LogP contribution in [0.15, 0.2) is 5.38 Å². The van der Waals surface area contributed by atoms with E-state index in [1.807, 2.05) is 11.8 Å². The smallest absolute Gasteiger partial charge is 0.317 e. The van der Waals surface area contributed by atoms with Crippen LogP contribution in [0.25, 0.3) is 0 Å². The van der Waals surface area contributed by atoms with Crippen LogP contribution in [0.5, 0.6) is 0 Å². The lowest BCUT2D eigenvalue weighted by atomic mass is 9.90. The lowest BCUT2D eigenvalue weighted by Gasteiger charge is -2.47. The van der Waals surface area contributed by atoms with Crippen molar-refractivity contribution in [2.45, 2.75) is 50.8 Å². The van der Waals surface area contributed by atoms with Gasteiger partial charge in [-0.25, -0.2) is 9.78 Å². The lowest BCUT2D eigenvalue weighted by molar-refractivity contribution is -0.131. The van der Waals surface area contributed by atoms with E-state index in [0.29, 0.717) is 25.7 Å². The summed E-state index contributed by atoms with van der Waals surface area (Å²) in [5.74, 6) is 0. The normalized spacial score (nSPS) is 28.3. The Kier molecular flexibility index (Phi) is 4.49. The number of rotatable bonds is 3. The summed E-state index contributed by atoms with van der Waals surface area (Å²) in [5, 5.41) is 6.37. The van der Waals surface area contributed by atoms with Gasteiger partial charge in [0.2, 0.25) is 0 Å². The second-order valence-electron chi connectivity index (χ2n) is 7.35. The third kappa shape index (κ3) is 3.73. The average molecular weight is 350 g/mol. The van der Waals surface area contributed by atoms with Gasteiger partial charge in [-0.2, -0.15) is 0 Å². The summed E-state index contributed by atoms with van der Waals surface area (Å²) in [4.78, 5) is 21.4. The van der Waals surface area contributed by atoms with Crippen molar-refractivity contribution in [2.75, 3.05) is 32.8 Å². The van der Waals surface area contributed by atoms with Crippen molar-refractivity contribution in [1.29, 1.82) is 0 Å². The molecule has 0 bridgehead atoms. The highest BCUT2D eigenvalue weighted by atomic mass is 32.1. The number of aromatic nitrogens is 1. The number of thiazole rings is 1. The Morgan fingerprint density at radius 2 is 2.33 bits per heavy atom. The molecule has 1 aromatic heterocycles. The third-order valence-corrected chi connectivity index (χ3v) is 5.93. The highest BCUT2D eigenvalue weighted by molar-refractivity contribution is 7.09. The van der Waals surface area contributed by atoms with Crippen LogP contribution in [-0.4, -0.2) is 65.2 Å². The van der Waals surface area contributed by atoms with E-state index < -0.39 is 0 Å². The molecule has 24 heavy (non-hydrogen) atoms. The lowest BCUT2D eigenvalue weighted by Crippen LogP contribution is -2.61. The quantitative estimate of drug-likeness (QED) is 0.906. The Balaban J connectivity index is 1.38. The first kappa shape index (κ1) is 16.3. The molecule has 2 saturated heterocycles. The molecule has 1 saturated carbocycles. The molecule has 6 nitrogen and oxygen atoms in total. The Labute approximate surface area is 147 Å². The molecular weight excluding hydrogens is 324 g/mol. The van der Waals surface area contributed by atoms with Gasteiger partial charge in [-0.1, -0.05) is 0 Å². The summed E-state index contributed by atoms with van der Waals surface area (Å²) < 4.78 is 6.20. The number of morpholine rings is 1. The first-order valence-electron chi connectivity index (χ1n) is 8.95. The number of urea groups is 1. The second-order valence-corrected chi connectivity index (χ2v) is 8.41. The van der Waals surface area contributed by atoms with Gasteiger partial charge in [0.05, 0.1) is 29.5 Å². The van der Waals surface area contributed by atoms with Crippen molar-refractivity contribution in [2.24, 2.45) is 0 Å². The van der Waals surface area contributed by atoms with Gasteiger partial charge in [-0.05, 0) is 39.2 Å². The van der Waals surface area contributed by atoms with E-state index >= 15 is 0 Å². The first-order chi connectivity index (χ1) is 11.6. The number of aryl methyl sites for hydroxylation is 1. The van der Waals surface area contributed by atoms with Crippen LogP contribution >= 0.6 is 11.3 Å². The van der Waals surface area contributed by atoms with Crippen LogP contribution in [0.1, 0.15) is 36.4 Å². The molecule has 132 valence electrons. The molecule has 3 heterocycles. The van der Waals surface area contributed by atoms with Crippen molar-refractivity contribution < 1.29 is 9.53 Å². The van der Waals surface area contributed by atoms with Crippen LogP contribution in [0.2, 0.25) is 0 Å². The van der Waals surface area contributed by atoms with Gasteiger partial charge in [-0.15, -0.1) is 11.3 Å². The zero-order valence-electron chi connectivity index (χ0n) is 14.3. The fourth-order valence-corrected chi connectivity index (χ4v) is 4.40. The first-order valence-corrected chi connectivity index (χ1v) is 9.83. The number of amides is 2. The number of hydrogen-bond acceptors (Lipinski definition) is 5. The van der Waals surface area contributed by atoms with Gasteiger partial charge >= 0.3 is 6.03 Å². The number of ether oxygens (including phenoxy) is 1. The van der Waals surface area contributed by atoms with Gasteiger partial charge in [0.25, 0.3) is 0 Å². The number of nitrogens with one attached hydrogen (secondary N) is 1. The summed E-state index contributed by atoms with van der Waals surface area (Å²) in [7, 11) is 0. The monoisotopic (exact) mass is 350 g/mol. The van der Waals surface area contributed by atoms with E-state index in [1.54, 1.807) is 11.3 Å². The molecule has 4 rings (SSSR count). The number of hydrogen-bond donors (Lipinski definition) is 1. The zero-order chi connectivity index (χ0) is 16.6. The minimum absolute atomic E-state index is 0.0902. The third-order valence-electron chi connectivity index (χ3n) is 5.11. The number of nitrogens with zero attached hydrogens (tertiary/aromatic N) is 3. The summed E-state index contributed by atoms with van der Waals surface area (Å²) in [6.07, 6.45) is 4.40. The topological polar surface area (TPSA) is 57.7 Å². The molecule has 1 atom stereocenters. The maximum absolute atomic E-state index is 12.4. The minimum atomic E-state index is -0.206. The maximum Gasteiger partial charge on any atom is 0.317 e. The summed E-state index contributed by atoms with van der Waals surface area (Å²) in [6.45, 7) is 6.94. The van der Waals surface area contributed by atoms with Gasteiger partial charge in [0, 0.05) is 31.1 Å². The van der Waals surface area contributed by atoms with Crippen molar-refractivity contribution in [3.8, 4) is 0 Å². The minimum Gasteiger partial charge on any atom is -0.370 e. The molecule has 0 radical (unpaired) electrons. The molecule has 2 aliphatic heterocycles. The molecule has 1 N–H and O–H groups in total. The van der Waals surface area contributed by atoms with Crippen molar-refractivity contribution in [3.63, 3.8) is 0 Å². The summed E-state index contributed by atoms with van der Waals surface area (Å²) in [6, 6.07) is 0.500. The Hall–Kier alpha value is -1.18. The van der Waals surface area contributed by atoms with Crippen LogP contribution in [0.4, 0.5) is 4.79 Å². The van der Waals surface area contributed by atoms with Crippen LogP contribution in [-0.2, 0) is 11.3 Å². The Morgan fingerprint density at radius 3 is 3.08 bits per heavy atom. The fraction of sp³-hybridized carbons (Fsp3) is 0.765. The van der Waals surface area contributed by atoms with Gasteiger partial charge < -0.3 is 15.0 Å². The van der Waals surface area contributed by atoms with Gasteiger partial charge in [-0.3, -0.25) is 4.90 Å². The van der Waals surface area contributed by atoms with E-state index in [2.05, 4.69) is 20.6 Å². The van der Waals surface area contributed by atoms with E-state index in [0.717, 1.165) is 56.0 Å². The zero-order valence-corrected chi connectivity index (χ0v) is 15.1. The fourth-order valence-electron chi connectivity index (χ4n) is 3.79. The Morgan fingerprint density at radius 1 is 1.46 bits per heavy atom. The summed E-state index contributed by atoms with van der Waals surface area (Å²) in [5.41, 5.74) is 0.941. The molecule has 2 amide bonds. The number of carbonyl (C=O) groups excluding carboxylic acids is 1.